The van der Waals surface area contributed by atoms with Crippen LogP contribution < -0.4 is 0 Å². The maximum Gasteiger partial charge on any atom is 0.161 e. The summed E-state index contributed by atoms with van der Waals surface area (Å²) in [6.07, 6.45) is 1.88. The smallest absolute Gasteiger partial charge is 0.161 e. The molecule has 90 valence electrons. The van der Waals surface area contributed by atoms with Gasteiger partial charge in [-0.3, -0.25) is 0 Å². The summed E-state index contributed by atoms with van der Waals surface area (Å²) in [4.78, 5) is 0. The maximum atomic E-state index is 13.4. The van der Waals surface area contributed by atoms with E-state index < -0.39 is 17.5 Å². The van der Waals surface area contributed by atoms with Gasteiger partial charge in [-0.2, -0.15) is 0 Å². The molecule has 17 heavy (non-hydrogen) atoms. The molecule has 0 aliphatic rings. The molecule has 0 amide bonds. The van der Waals surface area contributed by atoms with Crippen LogP contribution in [0.5, 0.6) is 0 Å². The van der Waals surface area contributed by atoms with Gasteiger partial charge in [0.15, 0.2) is 17.5 Å². The van der Waals surface area contributed by atoms with Crippen molar-refractivity contribution in [2.45, 2.75) is 6.42 Å². The summed E-state index contributed by atoms with van der Waals surface area (Å²) in [6, 6.07) is 1.19. The minimum absolute atomic E-state index is 0.197. The molecule has 3 nitrogen and oxygen atoms in total. The zero-order valence-electron chi connectivity index (χ0n) is 8.50. The Labute approximate surface area is 99.8 Å². The second-order valence-corrected chi connectivity index (χ2v) is 3.69. The largest absolute Gasteiger partial charge is 0.217 e. The Hall–Kier alpha value is -1.56. The Morgan fingerprint density at radius 3 is 2.53 bits per heavy atom. The molecule has 0 saturated carbocycles. The number of aryl methyl sites for hydroxylation is 1. The first-order chi connectivity index (χ1) is 8.11. The fraction of sp³-hybridized carbons (Fsp3) is 0.200. The van der Waals surface area contributed by atoms with Gasteiger partial charge in [0.1, 0.15) is 5.69 Å². The molecule has 2 rings (SSSR count). The molecule has 0 spiro atoms. The molecule has 1 heterocycles. The number of aromatic nitrogens is 3. The Bertz CT molecular complexity index is 542. The molecular formula is C10H7ClF3N3. The number of alkyl halides is 1. The third-order valence-corrected chi connectivity index (χ3v) is 2.32. The summed E-state index contributed by atoms with van der Waals surface area (Å²) in [5.41, 5.74) is 0.348. The second-order valence-electron chi connectivity index (χ2n) is 3.31. The monoisotopic (exact) mass is 261 g/mol. The van der Waals surface area contributed by atoms with Crippen LogP contribution in [0, 0.1) is 17.5 Å². The van der Waals surface area contributed by atoms with Crippen LogP contribution >= 0.6 is 11.6 Å². The Balaban J connectivity index is 2.41. The predicted molar refractivity (Wildman–Crippen MR) is 55.7 cm³/mol. The van der Waals surface area contributed by atoms with Crippen LogP contribution in [0.2, 0.25) is 0 Å². The van der Waals surface area contributed by atoms with Crippen LogP contribution in [0.25, 0.3) is 5.69 Å². The van der Waals surface area contributed by atoms with Crippen LogP contribution in [0.3, 0.4) is 0 Å². The summed E-state index contributed by atoms with van der Waals surface area (Å²) in [5, 5.41) is 7.34. The summed E-state index contributed by atoms with van der Waals surface area (Å²) in [6.45, 7) is 0. The third-order valence-electron chi connectivity index (χ3n) is 2.13. The first-order valence-corrected chi connectivity index (χ1v) is 5.27. The van der Waals surface area contributed by atoms with E-state index in [4.69, 9.17) is 11.6 Å². The van der Waals surface area contributed by atoms with Gasteiger partial charge in [-0.15, -0.1) is 16.7 Å². The highest BCUT2D eigenvalue weighted by Crippen LogP contribution is 2.17. The highest BCUT2D eigenvalue weighted by atomic mass is 35.5. The molecule has 0 aliphatic heterocycles. The van der Waals surface area contributed by atoms with Crippen LogP contribution in [-0.2, 0) is 6.42 Å². The van der Waals surface area contributed by atoms with Crippen molar-refractivity contribution in [2.24, 2.45) is 0 Å². The highest BCUT2D eigenvalue weighted by molar-refractivity contribution is 6.17. The van der Waals surface area contributed by atoms with Crippen LogP contribution in [0.4, 0.5) is 13.2 Å². The average Bonchev–Trinajstić information content (AvgIpc) is 2.72. The number of rotatable bonds is 3. The summed E-state index contributed by atoms with van der Waals surface area (Å²) < 4.78 is 40.1. The van der Waals surface area contributed by atoms with E-state index >= 15 is 0 Å². The summed E-state index contributed by atoms with van der Waals surface area (Å²) in [5.74, 6) is -2.95. The molecule has 0 N–H and O–H groups in total. The van der Waals surface area contributed by atoms with Crippen molar-refractivity contribution in [3.05, 3.63) is 41.5 Å². The van der Waals surface area contributed by atoms with E-state index in [0.29, 0.717) is 24.1 Å². The zero-order chi connectivity index (χ0) is 12.4. The molecule has 0 bridgehead atoms. The fourth-order valence-corrected chi connectivity index (χ4v) is 1.51. The van der Waals surface area contributed by atoms with Gasteiger partial charge in [0.05, 0.1) is 11.9 Å². The lowest BCUT2D eigenvalue weighted by atomic mass is 10.3. The van der Waals surface area contributed by atoms with Crippen molar-refractivity contribution in [3.63, 3.8) is 0 Å². The van der Waals surface area contributed by atoms with Gasteiger partial charge in [-0.05, 0) is 0 Å². The Morgan fingerprint density at radius 2 is 1.82 bits per heavy atom. The number of hydrogen-bond acceptors (Lipinski definition) is 2. The quantitative estimate of drug-likeness (QED) is 0.628. The molecular weight excluding hydrogens is 255 g/mol. The van der Waals surface area contributed by atoms with Crippen LogP contribution in [0.15, 0.2) is 18.3 Å². The van der Waals surface area contributed by atoms with Crippen molar-refractivity contribution in [2.75, 3.05) is 5.88 Å². The average molecular weight is 262 g/mol. The van der Waals surface area contributed by atoms with Crippen LogP contribution in [0.1, 0.15) is 5.69 Å². The van der Waals surface area contributed by atoms with Gasteiger partial charge >= 0.3 is 0 Å². The summed E-state index contributed by atoms with van der Waals surface area (Å²) >= 11 is 5.51. The normalized spacial score (nSPS) is 10.8. The maximum absolute atomic E-state index is 13.4. The third kappa shape index (κ3) is 2.41. The van der Waals surface area contributed by atoms with Crippen molar-refractivity contribution < 1.29 is 13.2 Å². The highest BCUT2D eigenvalue weighted by Gasteiger charge is 2.12. The minimum atomic E-state index is -1.24. The van der Waals surface area contributed by atoms with Gasteiger partial charge in [-0.25, -0.2) is 17.9 Å². The van der Waals surface area contributed by atoms with E-state index in [1.165, 1.54) is 6.20 Å². The Morgan fingerprint density at radius 1 is 1.12 bits per heavy atom. The minimum Gasteiger partial charge on any atom is -0.217 e. The second kappa shape index (κ2) is 4.75. The lowest BCUT2D eigenvalue weighted by Gasteiger charge is -2.02. The van der Waals surface area contributed by atoms with E-state index in [0.717, 1.165) is 10.7 Å². The van der Waals surface area contributed by atoms with Crippen molar-refractivity contribution in [1.29, 1.82) is 0 Å². The molecule has 0 atom stereocenters. The molecule has 0 fully saturated rings. The number of benzene rings is 1. The van der Waals surface area contributed by atoms with Crippen molar-refractivity contribution in [3.8, 4) is 5.69 Å². The molecule has 0 saturated heterocycles. The SMILES string of the molecule is Fc1cc(F)c(-n2cc(CCCl)nn2)cc1F. The van der Waals surface area contributed by atoms with Crippen molar-refractivity contribution in [1.82, 2.24) is 15.0 Å². The topological polar surface area (TPSA) is 30.7 Å². The predicted octanol–water partition coefficient (Wildman–Crippen LogP) is 2.47. The Kier molecular flexibility index (Phi) is 3.33. The number of nitrogens with zero attached hydrogens (tertiary/aromatic N) is 3. The molecule has 0 unspecified atom stereocenters. The molecule has 0 aliphatic carbocycles. The molecule has 2 aromatic rings. The van der Waals surface area contributed by atoms with Gasteiger partial charge in [0.25, 0.3) is 0 Å². The number of hydrogen-bond donors (Lipinski definition) is 0. The lowest BCUT2D eigenvalue weighted by Crippen LogP contribution is -2.01. The fourth-order valence-electron chi connectivity index (χ4n) is 1.32. The lowest BCUT2D eigenvalue weighted by molar-refractivity contribution is 0.491. The first kappa shape index (κ1) is 11.9. The molecule has 1 aromatic heterocycles. The first-order valence-electron chi connectivity index (χ1n) is 4.74. The molecule has 0 radical (unpaired) electrons. The summed E-state index contributed by atoms with van der Waals surface area (Å²) in [7, 11) is 0. The van der Waals surface area contributed by atoms with E-state index in [-0.39, 0.29) is 5.69 Å². The van der Waals surface area contributed by atoms with E-state index in [9.17, 15) is 13.2 Å². The van der Waals surface area contributed by atoms with E-state index in [2.05, 4.69) is 10.3 Å². The van der Waals surface area contributed by atoms with E-state index in [1.54, 1.807) is 0 Å². The molecule has 7 heteroatoms. The van der Waals surface area contributed by atoms with Crippen molar-refractivity contribution >= 4 is 11.6 Å². The van der Waals surface area contributed by atoms with E-state index in [1.807, 2.05) is 0 Å². The zero-order valence-corrected chi connectivity index (χ0v) is 9.26. The standard InChI is InChI=1S/C10H7ClF3N3/c11-2-1-6-5-17(16-15-6)10-4-8(13)7(12)3-9(10)14/h3-5H,1-2H2. The molecule has 1 aromatic carbocycles. The van der Waals surface area contributed by atoms with Crippen LogP contribution in [-0.4, -0.2) is 20.9 Å². The van der Waals surface area contributed by atoms with Gasteiger partial charge < -0.3 is 0 Å². The van der Waals surface area contributed by atoms with Gasteiger partial charge in [-0.1, -0.05) is 5.21 Å². The number of halogens is 4. The van der Waals surface area contributed by atoms with Gasteiger partial charge in [0, 0.05) is 24.4 Å². The van der Waals surface area contributed by atoms with Gasteiger partial charge in [0.2, 0.25) is 0 Å².